The van der Waals surface area contributed by atoms with Crippen molar-refractivity contribution in [2.24, 2.45) is 0 Å². The van der Waals surface area contributed by atoms with Crippen LogP contribution in [0.25, 0.3) is 0 Å². The van der Waals surface area contributed by atoms with Gasteiger partial charge in [0.05, 0.1) is 27.9 Å². The van der Waals surface area contributed by atoms with Crippen LogP contribution in [0.3, 0.4) is 0 Å². The van der Waals surface area contributed by atoms with E-state index in [9.17, 15) is 20.4 Å². The first kappa shape index (κ1) is 18.6. The molecule has 0 radical (unpaired) electrons. The van der Waals surface area contributed by atoms with Gasteiger partial charge in [-0.1, -0.05) is 0 Å². The average Bonchev–Trinajstić information content (AvgIpc) is 2.61. The summed E-state index contributed by atoms with van der Waals surface area (Å²) in [6, 6.07) is 3.09. The van der Waals surface area contributed by atoms with Gasteiger partial charge >= 0.3 is 0 Å². The van der Waals surface area contributed by atoms with Crippen molar-refractivity contribution in [1.29, 1.82) is 0 Å². The molecule has 0 saturated carbocycles. The molecule has 24 heavy (non-hydrogen) atoms. The Hall–Kier alpha value is -1.78. The number of benzene rings is 1. The average molecular weight is 346 g/mol. The largest absolute Gasteiger partial charge is 0.493 e. The predicted molar refractivity (Wildman–Crippen MR) is 80.5 cm³/mol. The van der Waals surface area contributed by atoms with Crippen LogP contribution in [0.4, 0.5) is 0 Å². The van der Waals surface area contributed by atoms with Crippen LogP contribution in [0, 0.1) is 0 Å². The topological polar surface area (TPSA) is 127 Å². The van der Waals surface area contributed by atoms with Gasteiger partial charge in [-0.15, -0.1) is 0 Å². The molecule has 0 spiro atoms. The lowest BCUT2D eigenvalue weighted by molar-refractivity contribution is -0.277. The first-order chi connectivity index (χ1) is 11.5. The maximum atomic E-state index is 10.0. The Kier molecular flexibility index (Phi) is 6.08. The van der Waals surface area contributed by atoms with Crippen molar-refractivity contribution in [3.63, 3.8) is 0 Å². The fraction of sp³-hybridized carbons (Fsp3) is 0.600. The molecule has 2 rings (SSSR count). The van der Waals surface area contributed by atoms with Gasteiger partial charge in [0, 0.05) is 0 Å². The van der Waals surface area contributed by atoms with Crippen LogP contribution >= 0.6 is 0 Å². The van der Waals surface area contributed by atoms with Gasteiger partial charge in [0.15, 0.2) is 11.5 Å². The second kappa shape index (κ2) is 7.86. The zero-order valence-corrected chi connectivity index (χ0v) is 13.6. The van der Waals surface area contributed by atoms with E-state index in [0.717, 1.165) is 0 Å². The second-order valence-corrected chi connectivity index (χ2v) is 5.15. The summed E-state index contributed by atoms with van der Waals surface area (Å²) in [5, 5.41) is 38.8. The first-order valence-corrected chi connectivity index (χ1v) is 7.24. The van der Waals surface area contributed by atoms with Crippen LogP contribution in [0.2, 0.25) is 0 Å². The van der Waals surface area contributed by atoms with Gasteiger partial charge in [-0.3, -0.25) is 0 Å². The highest BCUT2D eigenvalue weighted by atomic mass is 16.7. The number of aliphatic hydroxyl groups excluding tert-OH is 4. The molecule has 1 heterocycles. The smallest absolute Gasteiger partial charge is 0.229 e. The number of hydrogen-bond donors (Lipinski definition) is 4. The van der Waals surface area contributed by atoms with E-state index in [1.807, 2.05) is 0 Å². The van der Waals surface area contributed by atoms with Gasteiger partial charge in [-0.05, 0) is 12.1 Å². The van der Waals surface area contributed by atoms with Crippen LogP contribution in [-0.2, 0) is 4.74 Å². The molecule has 0 bridgehead atoms. The molecule has 1 aliphatic rings. The number of aliphatic hydroxyl groups is 4. The van der Waals surface area contributed by atoms with E-state index in [0.29, 0.717) is 5.75 Å². The molecule has 4 N–H and O–H groups in total. The van der Waals surface area contributed by atoms with Crippen molar-refractivity contribution in [2.75, 3.05) is 27.9 Å². The SMILES string of the molecule is COc1ccc(O[C@H]2O[C@@H](CO)[C@H](O)[C@@H](O)[C@@H]2O)c(OC)c1OC. The quantitative estimate of drug-likeness (QED) is 0.507. The van der Waals surface area contributed by atoms with Crippen LogP contribution in [0.15, 0.2) is 12.1 Å². The monoisotopic (exact) mass is 346 g/mol. The molecule has 1 aromatic rings. The molecule has 9 heteroatoms. The number of hydrogen-bond acceptors (Lipinski definition) is 9. The highest BCUT2D eigenvalue weighted by Crippen LogP contribution is 2.44. The fourth-order valence-corrected chi connectivity index (χ4v) is 2.46. The summed E-state index contributed by atoms with van der Waals surface area (Å²) in [6.07, 6.45) is -6.92. The molecule has 0 aromatic heterocycles. The number of methoxy groups -OCH3 is 3. The lowest BCUT2D eigenvalue weighted by Crippen LogP contribution is -2.60. The highest BCUT2D eigenvalue weighted by Gasteiger charge is 2.45. The Morgan fingerprint density at radius 2 is 1.46 bits per heavy atom. The van der Waals surface area contributed by atoms with Gasteiger partial charge in [0.2, 0.25) is 17.8 Å². The van der Waals surface area contributed by atoms with Crippen LogP contribution in [0.5, 0.6) is 23.0 Å². The van der Waals surface area contributed by atoms with Crippen molar-refractivity contribution in [3.8, 4) is 23.0 Å². The maximum absolute atomic E-state index is 10.0. The summed E-state index contributed by atoms with van der Waals surface area (Å²) in [4.78, 5) is 0. The minimum Gasteiger partial charge on any atom is -0.493 e. The molecule has 1 saturated heterocycles. The van der Waals surface area contributed by atoms with E-state index in [4.69, 9.17) is 23.7 Å². The molecule has 0 amide bonds. The minimum atomic E-state index is -1.54. The maximum Gasteiger partial charge on any atom is 0.229 e. The Bertz CT molecular complexity index is 548. The van der Waals surface area contributed by atoms with E-state index in [-0.39, 0.29) is 17.2 Å². The Morgan fingerprint density at radius 3 is 2.00 bits per heavy atom. The summed E-state index contributed by atoms with van der Waals surface area (Å²) in [5.74, 6) is 1.06. The lowest BCUT2D eigenvalue weighted by atomic mass is 9.99. The summed E-state index contributed by atoms with van der Waals surface area (Å²) in [5.41, 5.74) is 0. The molecule has 9 nitrogen and oxygen atoms in total. The Labute approximate surface area is 138 Å². The normalized spacial score (nSPS) is 29.9. The van der Waals surface area contributed by atoms with Crippen LogP contribution < -0.4 is 18.9 Å². The molecular formula is C15H22O9. The minimum absolute atomic E-state index is 0.166. The third kappa shape index (κ3) is 3.35. The van der Waals surface area contributed by atoms with E-state index in [1.54, 1.807) is 6.07 Å². The molecule has 1 aliphatic heterocycles. The summed E-state index contributed by atoms with van der Waals surface area (Å²) in [6.45, 7) is -0.548. The molecule has 1 fully saturated rings. The Balaban J connectivity index is 2.30. The van der Waals surface area contributed by atoms with Crippen molar-refractivity contribution in [3.05, 3.63) is 12.1 Å². The molecule has 136 valence electrons. The van der Waals surface area contributed by atoms with E-state index < -0.39 is 37.3 Å². The molecule has 5 atom stereocenters. The zero-order chi connectivity index (χ0) is 17.9. The fourth-order valence-electron chi connectivity index (χ4n) is 2.46. The first-order valence-electron chi connectivity index (χ1n) is 7.24. The predicted octanol–water partition coefficient (Wildman–Crippen LogP) is -1.11. The van der Waals surface area contributed by atoms with Crippen LogP contribution in [0.1, 0.15) is 0 Å². The zero-order valence-electron chi connectivity index (χ0n) is 13.6. The standard InChI is InChI=1S/C15H22O9/c1-20-7-4-5-8(14(22-3)13(7)21-2)23-15-12(19)11(18)10(17)9(6-16)24-15/h4-5,9-12,15-19H,6H2,1-3H3/t9-,10-,11+,12-,15-/m0/s1. The third-order valence-corrected chi connectivity index (χ3v) is 3.76. The van der Waals surface area contributed by atoms with Crippen molar-refractivity contribution < 1.29 is 44.1 Å². The van der Waals surface area contributed by atoms with Gasteiger partial charge in [0.1, 0.15) is 24.4 Å². The van der Waals surface area contributed by atoms with Crippen molar-refractivity contribution in [1.82, 2.24) is 0 Å². The van der Waals surface area contributed by atoms with Crippen LogP contribution in [-0.4, -0.2) is 79.1 Å². The van der Waals surface area contributed by atoms with Gasteiger partial charge in [0.25, 0.3) is 0 Å². The Morgan fingerprint density at radius 1 is 0.875 bits per heavy atom. The molecular weight excluding hydrogens is 324 g/mol. The number of rotatable bonds is 6. The highest BCUT2D eigenvalue weighted by molar-refractivity contribution is 5.59. The van der Waals surface area contributed by atoms with E-state index in [2.05, 4.69) is 0 Å². The van der Waals surface area contributed by atoms with Gasteiger partial charge in [-0.25, -0.2) is 0 Å². The third-order valence-electron chi connectivity index (χ3n) is 3.76. The summed E-state index contributed by atoms with van der Waals surface area (Å²) >= 11 is 0. The molecule has 1 aromatic carbocycles. The molecule has 0 aliphatic carbocycles. The number of ether oxygens (including phenoxy) is 5. The van der Waals surface area contributed by atoms with Crippen molar-refractivity contribution in [2.45, 2.75) is 30.7 Å². The summed E-state index contributed by atoms with van der Waals surface area (Å²) < 4.78 is 26.5. The lowest BCUT2D eigenvalue weighted by Gasteiger charge is -2.39. The van der Waals surface area contributed by atoms with E-state index >= 15 is 0 Å². The van der Waals surface area contributed by atoms with Gasteiger partial charge in [-0.2, -0.15) is 0 Å². The van der Waals surface area contributed by atoms with E-state index in [1.165, 1.54) is 27.4 Å². The summed E-state index contributed by atoms with van der Waals surface area (Å²) in [7, 11) is 4.30. The van der Waals surface area contributed by atoms with Gasteiger partial charge < -0.3 is 44.1 Å². The molecule has 0 unspecified atom stereocenters. The second-order valence-electron chi connectivity index (χ2n) is 5.15. The van der Waals surface area contributed by atoms with Crippen molar-refractivity contribution >= 4 is 0 Å².